The minimum atomic E-state index is -1.79. The van der Waals surface area contributed by atoms with Crippen molar-refractivity contribution in [3.63, 3.8) is 0 Å². The van der Waals surface area contributed by atoms with E-state index in [1.54, 1.807) is 0 Å². The molecule has 0 unspecified atom stereocenters. The molecule has 11 heavy (non-hydrogen) atoms. The molecular weight excluding hydrogens is 220 g/mol. The van der Waals surface area contributed by atoms with Gasteiger partial charge in [0.2, 0.25) is 0 Å². The molecule has 0 rings (SSSR count). The Morgan fingerprint density at radius 2 is 2.00 bits per heavy atom. The van der Waals surface area contributed by atoms with E-state index in [2.05, 4.69) is 36.0 Å². The summed E-state index contributed by atoms with van der Waals surface area (Å²) < 4.78 is 5.68. The van der Waals surface area contributed by atoms with Crippen LogP contribution in [0.25, 0.3) is 0 Å². The lowest BCUT2D eigenvalue weighted by molar-refractivity contribution is 0.317. The first kappa shape index (κ1) is 11.1. The van der Waals surface area contributed by atoms with Crippen LogP contribution in [0, 0.1) is 0 Å². The third-order valence-corrected chi connectivity index (χ3v) is 6.65. The molecule has 0 aliphatic carbocycles. The number of alkyl halides is 1. The lowest BCUT2D eigenvalue weighted by Gasteiger charge is -2.21. The molecule has 0 amide bonds. The zero-order valence-corrected chi connectivity index (χ0v) is 9.56. The van der Waals surface area contributed by atoms with Gasteiger partial charge in [-0.1, -0.05) is 34.3 Å². The van der Waals surface area contributed by atoms with Gasteiger partial charge in [0.15, 0.2) is 0 Å². The summed E-state index contributed by atoms with van der Waals surface area (Å²) in [7, 11) is -1.79. The van der Waals surface area contributed by atoms with Gasteiger partial charge in [0.25, 0.3) is 8.32 Å². The Morgan fingerprint density at radius 1 is 1.45 bits per heavy atom. The van der Waals surface area contributed by atoms with E-state index >= 15 is 0 Å². The van der Waals surface area contributed by atoms with Gasteiger partial charge in [0.05, 0.1) is 0 Å². The molecule has 0 saturated carbocycles. The summed E-state index contributed by atoms with van der Waals surface area (Å²) in [6, 6.07) is 0. The highest BCUT2D eigenvalue weighted by Gasteiger charge is 2.25. The number of halogens is 1. The van der Waals surface area contributed by atoms with Crippen molar-refractivity contribution in [1.29, 1.82) is 0 Å². The van der Waals surface area contributed by atoms with Crippen molar-refractivity contribution in [3.8, 4) is 0 Å². The molecular formula is C8H15BrOSi. The van der Waals surface area contributed by atoms with E-state index in [4.69, 9.17) is 4.43 Å². The molecule has 0 atom stereocenters. The third-order valence-electron chi connectivity index (χ3n) is 1.47. The summed E-state index contributed by atoms with van der Waals surface area (Å²) in [6.07, 6.45) is 1.05. The molecule has 3 heteroatoms. The van der Waals surface area contributed by atoms with Gasteiger partial charge in [-0.15, -0.1) is 13.2 Å². The van der Waals surface area contributed by atoms with Gasteiger partial charge in [-0.3, -0.25) is 0 Å². The largest absolute Gasteiger partial charge is 0.408 e. The van der Waals surface area contributed by atoms with Crippen LogP contribution in [0.5, 0.6) is 0 Å². The molecule has 0 aromatic rings. The van der Waals surface area contributed by atoms with Gasteiger partial charge in [-0.25, -0.2) is 0 Å². The highest BCUT2D eigenvalue weighted by atomic mass is 79.9. The summed E-state index contributed by atoms with van der Waals surface area (Å²) in [6.45, 7) is 10.4. The molecule has 0 bridgehead atoms. The van der Waals surface area contributed by atoms with E-state index in [1.165, 1.54) is 0 Å². The van der Waals surface area contributed by atoms with Crippen LogP contribution in [-0.4, -0.2) is 19.9 Å². The average molecular weight is 235 g/mol. The Labute approximate surface area is 78.4 Å². The minimum Gasteiger partial charge on any atom is -0.408 e. The first-order chi connectivity index (χ1) is 5.24. The normalized spacial score (nSPS) is 11.1. The highest BCUT2D eigenvalue weighted by molar-refractivity contribution is 9.09. The van der Waals surface area contributed by atoms with Crippen molar-refractivity contribution in [2.75, 3.05) is 11.6 Å². The van der Waals surface area contributed by atoms with Crippen molar-refractivity contribution in [2.24, 2.45) is 0 Å². The van der Waals surface area contributed by atoms with Crippen molar-refractivity contribution in [3.05, 3.63) is 24.6 Å². The SMILES string of the molecule is C=C[Si](C=C)(CBr)OCCC. The van der Waals surface area contributed by atoms with Crippen LogP contribution in [0.3, 0.4) is 0 Å². The van der Waals surface area contributed by atoms with Crippen LogP contribution >= 0.6 is 15.9 Å². The van der Waals surface area contributed by atoms with Gasteiger partial charge in [-0.2, -0.15) is 0 Å². The van der Waals surface area contributed by atoms with E-state index in [0.717, 1.165) is 18.0 Å². The van der Waals surface area contributed by atoms with Crippen molar-refractivity contribution < 1.29 is 4.43 Å². The fraction of sp³-hybridized carbons (Fsp3) is 0.500. The standard InChI is InChI=1S/C8H15BrOSi/c1-4-7-10-11(5-2,6-3)8-9/h5-6H,2-4,7-8H2,1H3. The van der Waals surface area contributed by atoms with Gasteiger partial charge in [0.1, 0.15) is 0 Å². The second-order valence-electron chi connectivity index (χ2n) is 2.35. The number of hydrogen-bond donors (Lipinski definition) is 0. The summed E-state index contributed by atoms with van der Waals surface area (Å²) in [5, 5.41) is 0. The summed E-state index contributed by atoms with van der Waals surface area (Å²) in [5.41, 5.74) is 3.81. The molecule has 0 aliphatic heterocycles. The first-order valence-electron chi connectivity index (χ1n) is 3.71. The topological polar surface area (TPSA) is 9.23 Å². The van der Waals surface area contributed by atoms with Gasteiger partial charge in [-0.05, 0) is 6.42 Å². The predicted octanol–water partition coefficient (Wildman–Crippen LogP) is 2.74. The van der Waals surface area contributed by atoms with Gasteiger partial charge >= 0.3 is 0 Å². The fourth-order valence-electron chi connectivity index (χ4n) is 0.641. The maximum Gasteiger partial charge on any atom is 0.250 e. The molecule has 0 aromatic heterocycles. The quantitative estimate of drug-likeness (QED) is 0.508. The average Bonchev–Trinajstić information content (AvgIpc) is 2.08. The maximum atomic E-state index is 5.68. The summed E-state index contributed by atoms with van der Waals surface area (Å²) in [5.74, 6) is 0. The Bertz CT molecular complexity index is 128. The van der Waals surface area contributed by atoms with E-state index < -0.39 is 8.32 Å². The van der Waals surface area contributed by atoms with Crippen LogP contribution in [0.1, 0.15) is 13.3 Å². The number of hydrogen-bond acceptors (Lipinski definition) is 1. The lowest BCUT2D eigenvalue weighted by atomic mass is 10.5. The lowest BCUT2D eigenvalue weighted by Crippen LogP contribution is -2.37. The van der Waals surface area contributed by atoms with Crippen molar-refractivity contribution in [1.82, 2.24) is 0 Å². The monoisotopic (exact) mass is 234 g/mol. The molecule has 0 radical (unpaired) electrons. The summed E-state index contributed by atoms with van der Waals surface area (Å²) >= 11 is 3.42. The van der Waals surface area contributed by atoms with Crippen LogP contribution in [0.4, 0.5) is 0 Å². The minimum absolute atomic E-state index is 0.801. The van der Waals surface area contributed by atoms with Crippen molar-refractivity contribution in [2.45, 2.75) is 13.3 Å². The van der Waals surface area contributed by atoms with E-state index in [-0.39, 0.29) is 0 Å². The van der Waals surface area contributed by atoms with Gasteiger partial charge < -0.3 is 4.43 Å². The molecule has 0 heterocycles. The first-order valence-corrected chi connectivity index (χ1v) is 7.11. The molecule has 0 aliphatic rings. The summed E-state index contributed by atoms with van der Waals surface area (Å²) in [4.78, 5) is 0.854. The molecule has 64 valence electrons. The second-order valence-corrected chi connectivity index (χ2v) is 7.31. The van der Waals surface area contributed by atoms with E-state index in [9.17, 15) is 0 Å². The van der Waals surface area contributed by atoms with Crippen LogP contribution in [0.2, 0.25) is 0 Å². The fourth-order valence-corrected chi connectivity index (χ4v) is 3.78. The number of rotatable bonds is 6. The molecule has 0 fully saturated rings. The third kappa shape index (κ3) is 3.36. The second kappa shape index (κ2) is 5.74. The maximum absolute atomic E-state index is 5.68. The molecule has 1 nitrogen and oxygen atoms in total. The van der Waals surface area contributed by atoms with Gasteiger partial charge in [0, 0.05) is 11.6 Å². The predicted molar refractivity (Wildman–Crippen MR) is 56.2 cm³/mol. The Morgan fingerprint density at radius 3 is 2.27 bits per heavy atom. The smallest absolute Gasteiger partial charge is 0.250 e. The van der Waals surface area contributed by atoms with E-state index in [1.807, 2.05) is 11.4 Å². The zero-order chi connectivity index (χ0) is 8.74. The molecule has 0 aromatic carbocycles. The molecule has 0 N–H and O–H groups in total. The Hall–Kier alpha value is 0.137. The Kier molecular flexibility index (Phi) is 5.82. The molecule has 0 saturated heterocycles. The van der Waals surface area contributed by atoms with Crippen molar-refractivity contribution >= 4 is 24.2 Å². The van der Waals surface area contributed by atoms with Crippen LogP contribution in [-0.2, 0) is 4.43 Å². The molecule has 0 spiro atoms. The Balaban J connectivity index is 4.05. The van der Waals surface area contributed by atoms with Crippen LogP contribution in [0.15, 0.2) is 24.6 Å². The zero-order valence-electron chi connectivity index (χ0n) is 6.98. The van der Waals surface area contributed by atoms with E-state index in [0.29, 0.717) is 0 Å². The van der Waals surface area contributed by atoms with Crippen LogP contribution < -0.4 is 0 Å². The highest BCUT2D eigenvalue weighted by Crippen LogP contribution is 2.11.